The van der Waals surface area contributed by atoms with Gasteiger partial charge in [0, 0.05) is 30.5 Å². The monoisotopic (exact) mass is 431 g/mol. The molecule has 5 fully saturated rings. The van der Waals surface area contributed by atoms with Crippen molar-refractivity contribution in [2.75, 3.05) is 28.6 Å². The van der Waals surface area contributed by atoms with Gasteiger partial charge in [-0.05, 0) is 100 Å². The number of aryl methyl sites for hydroxylation is 1. The maximum atomic E-state index is 13.3. The van der Waals surface area contributed by atoms with E-state index in [1.165, 1.54) is 32.1 Å². The van der Waals surface area contributed by atoms with E-state index in [4.69, 9.17) is 0 Å². The molecule has 4 bridgehead atoms. The number of amides is 1. The first kappa shape index (κ1) is 20.0. The molecule has 168 valence electrons. The number of anilines is 4. The summed E-state index contributed by atoms with van der Waals surface area (Å²) in [5.41, 5.74) is 1.73. The van der Waals surface area contributed by atoms with Crippen molar-refractivity contribution < 1.29 is 4.79 Å². The molecule has 0 spiro atoms. The van der Waals surface area contributed by atoms with Crippen molar-refractivity contribution in [2.24, 2.45) is 23.2 Å². The van der Waals surface area contributed by atoms with E-state index >= 15 is 0 Å². The van der Waals surface area contributed by atoms with Crippen LogP contribution in [-0.2, 0) is 4.79 Å². The summed E-state index contributed by atoms with van der Waals surface area (Å²) in [6.07, 6.45) is 9.80. The number of carbonyl (C=O) groups excluding carboxylic acids is 1. The van der Waals surface area contributed by atoms with Crippen LogP contribution >= 0.6 is 0 Å². The Morgan fingerprint density at radius 3 is 2.16 bits per heavy atom. The molecule has 1 aromatic heterocycles. The van der Waals surface area contributed by atoms with Crippen molar-refractivity contribution in [1.82, 2.24) is 9.97 Å². The minimum atomic E-state index is -0.115. The smallest absolute Gasteiger partial charge is 0.230 e. The third kappa shape index (κ3) is 3.74. The summed E-state index contributed by atoms with van der Waals surface area (Å²) in [4.78, 5) is 24.8. The van der Waals surface area contributed by atoms with Gasteiger partial charge in [0.05, 0.1) is 5.41 Å². The second-order valence-electron chi connectivity index (χ2n) is 10.7. The van der Waals surface area contributed by atoms with Crippen molar-refractivity contribution >= 4 is 28.9 Å². The van der Waals surface area contributed by atoms with Gasteiger partial charge in [0.2, 0.25) is 5.91 Å². The first-order valence-electron chi connectivity index (χ1n) is 12.3. The second-order valence-corrected chi connectivity index (χ2v) is 10.7. The van der Waals surface area contributed by atoms with Crippen LogP contribution in [0.25, 0.3) is 0 Å². The Kier molecular flexibility index (Phi) is 4.85. The number of nitrogens with one attached hydrogen (secondary N) is 2. The third-order valence-electron chi connectivity index (χ3n) is 8.19. The summed E-state index contributed by atoms with van der Waals surface area (Å²) in [6, 6.07) is 10.1. The lowest BCUT2D eigenvalue weighted by molar-refractivity contribution is -0.140. The first-order valence-corrected chi connectivity index (χ1v) is 12.3. The molecule has 1 saturated heterocycles. The van der Waals surface area contributed by atoms with Gasteiger partial charge in [-0.25, -0.2) is 9.97 Å². The first-order chi connectivity index (χ1) is 15.5. The summed E-state index contributed by atoms with van der Waals surface area (Å²) < 4.78 is 0. The zero-order valence-corrected chi connectivity index (χ0v) is 18.9. The number of hydrogen-bond donors (Lipinski definition) is 2. The molecule has 0 radical (unpaired) electrons. The van der Waals surface area contributed by atoms with Crippen molar-refractivity contribution in [3.05, 3.63) is 36.2 Å². The lowest BCUT2D eigenvalue weighted by Gasteiger charge is -2.55. The molecule has 6 nitrogen and oxygen atoms in total. The zero-order chi connectivity index (χ0) is 21.7. The molecular weight excluding hydrogens is 398 g/mol. The van der Waals surface area contributed by atoms with E-state index in [9.17, 15) is 4.79 Å². The highest BCUT2D eigenvalue weighted by atomic mass is 16.2. The average Bonchev–Trinajstić information content (AvgIpc) is 3.29. The number of carbonyl (C=O) groups is 1. The van der Waals surface area contributed by atoms with E-state index in [2.05, 4.69) is 25.5 Å². The van der Waals surface area contributed by atoms with Crippen LogP contribution in [0.2, 0.25) is 0 Å². The quantitative estimate of drug-likeness (QED) is 0.674. The fourth-order valence-electron chi connectivity index (χ4n) is 7.16. The maximum absolute atomic E-state index is 13.3. The zero-order valence-electron chi connectivity index (χ0n) is 18.9. The van der Waals surface area contributed by atoms with Crippen LogP contribution in [0.15, 0.2) is 30.3 Å². The Balaban J connectivity index is 1.13. The fourth-order valence-corrected chi connectivity index (χ4v) is 7.16. The van der Waals surface area contributed by atoms with Crippen molar-refractivity contribution in [1.29, 1.82) is 0 Å². The predicted molar refractivity (Wildman–Crippen MR) is 127 cm³/mol. The molecule has 6 heteroatoms. The lowest BCUT2D eigenvalue weighted by Crippen LogP contribution is -2.51. The van der Waals surface area contributed by atoms with Crippen molar-refractivity contribution in [3.63, 3.8) is 0 Å². The number of aromatic nitrogens is 2. The second kappa shape index (κ2) is 7.75. The molecule has 0 atom stereocenters. The molecule has 1 amide bonds. The maximum Gasteiger partial charge on any atom is 0.230 e. The molecule has 1 aromatic carbocycles. The van der Waals surface area contributed by atoms with E-state index in [0.717, 1.165) is 78.9 Å². The predicted octanol–water partition coefficient (Wildman–Crippen LogP) is 5.28. The van der Waals surface area contributed by atoms with Gasteiger partial charge in [-0.2, -0.15) is 0 Å². The fraction of sp³-hybridized carbons (Fsp3) is 0.577. The summed E-state index contributed by atoms with van der Waals surface area (Å²) in [5, 5.41) is 6.65. The molecule has 32 heavy (non-hydrogen) atoms. The van der Waals surface area contributed by atoms with Crippen LogP contribution in [0.3, 0.4) is 0 Å². The summed E-state index contributed by atoms with van der Waals surface area (Å²) in [5.74, 6) is 5.16. The molecule has 7 rings (SSSR count). The van der Waals surface area contributed by atoms with Gasteiger partial charge in [-0.15, -0.1) is 0 Å². The Bertz CT molecular complexity index is 976. The molecular formula is C26H33N5O. The van der Waals surface area contributed by atoms with Gasteiger partial charge in [-0.1, -0.05) is 0 Å². The van der Waals surface area contributed by atoms with E-state index in [-0.39, 0.29) is 11.3 Å². The highest BCUT2D eigenvalue weighted by Gasteiger charge is 2.54. The third-order valence-corrected chi connectivity index (χ3v) is 8.19. The Morgan fingerprint density at radius 2 is 1.53 bits per heavy atom. The normalized spacial score (nSPS) is 30.5. The Hall–Kier alpha value is -2.63. The molecule has 2 heterocycles. The SMILES string of the molecule is Cc1nc(Nc2ccc(NC(=O)C34CC5CC(CC(C5)C3)C4)cc2)cc(N2CCCC2)n1. The standard InChI is InChI=1S/C26H33N5O/c1-17-27-23(13-24(28-17)31-8-2-3-9-31)29-21-4-6-22(7-5-21)30-25(32)26-14-18-10-19(15-26)12-20(11-18)16-26/h4-7,13,18-20H,2-3,8-12,14-16H2,1H3,(H,30,32)(H,27,28,29). The number of nitrogens with zero attached hydrogens (tertiary/aromatic N) is 3. The van der Waals surface area contributed by atoms with Gasteiger partial charge in [-0.3, -0.25) is 4.79 Å². The van der Waals surface area contributed by atoms with Gasteiger partial charge in [0.15, 0.2) is 0 Å². The highest BCUT2D eigenvalue weighted by molar-refractivity contribution is 5.95. The number of benzene rings is 1. The van der Waals surface area contributed by atoms with Crippen LogP contribution in [0, 0.1) is 30.1 Å². The summed E-state index contributed by atoms with van der Waals surface area (Å²) in [7, 11) is 0. The molecule has 2 N–H and O–H groups in total. The van der Waals surface area contributed by atoms with Crippen LogP contribution in [0.5, 0.6) is 0 Å². The molecule has 2 aromatic rings. The van der Waals surface area contributed by atoms with Gasteiger partial charge >= 0.3 is 0 Å². The molecule has 1 aliphatic heterocycles. The van der Waals surface area contributed by atoms with Gasteiger partial charge in [0.25, 0.3) is 0 Å². The molecule has 5 aliphatic rings. The minimum Gasteiger partial charge on any atom is -0.356 e. The van der Waals surface area contributed by atoms with Crippen LogP contribution in [-0.4, -0.2) is 29.0 Å². The van der Waals surface area contributed by atoms with Gasteiger partial charge in [0.1, 0.15) is 17.5 Å². The Morgan fingerprint density at radius 1 is 0.938 bits per heavy atom. The molecule has 0 unspecified atom stereocenters. The minimum absolute atomic E-state index is 0.115. The van der Waals surface area contributed by atoms with Crippen molar-refractivity contribution in [2.45, 2.75) is 58.3 Å². The highest BCUT2D eigenvalue weighted by Crippen LogP contribution is 2.60. The lowest BCUT2D eigenvalue weighted by atomic mass is 9.49. The Labute approximate surface area is 190 Å². The van der Waals surface area contributed by atoms with Crippen LogP contribution < -0.4 is 15.5 Å². The average molecular weight is 432 g/mol. The summed E-state index contributed by atoms with van der Waals surface area (Å²) >= 11 is 0. The van der Waals surface area contributed by atoms with Crippen LogP contribution in [0.1, 0.15) is 57.2 Å². The van der Waals surface area contributed by atoms with E-state index in [1.54, 1.807) is 0 Å². The number of rotatable bonds is 5. The topological polar surface area (TPSA) is 70.2 Å². The molecule has 4 saturated carbocycles. The van der Waals surface area contributed by atoms with E-state index in [1.807, 2.05) is 37.3 Å². The largest absolute Gasteiger partial charge is 0.356 e. The molecule has 4 aliphatic carbocycles. The summed E-state index contributed by atoms with van der Waals surface area (Å²) in [6.45, 7) is 4.07. The van der Waals surface area contributed by atoms with E-state index in [0.29, 0.717) is 0 Å². The van der Waals surface area contributed by atoms with Gasteiger partial charge < -0.3 is 15.5 Å². The van der Waals surface area contributed by atoms with Crippen molar-refractivity contribution in [3.8, 4) is 0 Å². The van der Waals surface area contributed by atoms with Crippen LogP contribution in [0.4, 0.5) is 23.0 Å². The number of hydrogen-bond acceptors (Lipinski definition) is 5. The van der Waals surface area contributed by atoms with E-state index < -0.39 is 0 Å².